The molecule has 1 unspecified atom stereocenters. The first kappa shape index (κ1) is 13.2. The predicted octanol–water partition coefficient (Wildman–Crippen LogP) is 3.54. The first-order chi connectivity index (χ1) is 8.60. The molecule has 0 fully saturated rings. The molecule has 94 valence electrons. The number of nitrogens with one attached hydrogen (secondary N) is 1. The molecule has 0 aliphatic rings. The fraction of sp³-hybridized carbons (Fsp3) is 0.385. The summed E-state index contributed by atoms with van der Waals surface area (Å²) in [7, 11) is 0. The van der Waals surface area contributed by atoms with Crippen LogP contribution in [0.5, 0.6) is 0 Å². The highest BCUT2D eigenvalue weighted by Crippen LogP contribution is 2.25. The van der Waals surface area contributed by atoms with Crippen LogP contribution in [0.1, 0.15) is 39.0 Å². The Hall–Kier alpha value is -1.22. The van der Waals surface area contributed by atoms with E-state index in [9.17, 15) is 0 Å². The standard InChI is InChI=1S/C13H15N3S2/c1-8(13-9(2)16-10(3)18-13)15-6-12-4-11(5-14)7-17-12/h4,7-8,15H,6H2,1-3H3. The van der Waals surface area contributed by atoms with Crippen molar-refractivity contribution >= 4 is 22.7 Å². The Kier molecular flexibility index (Phi) is 4.12. The number of aryl methyl sites for hydroxylation is 2. The molecule has 1 N–H and O–H groups in total. The Balaban J connectivity index is 1.98. The first-order valence-electron chi connectivity index (χ1n) is 5.75. The van der Waals surface area contributed by atoms with Crippen molar-refractivity contribution in [2.24, 2.45) is 0 Å². The van der Waals surface area contributed by atoms with Crippen molar-refractivity contribution in [1.29, 1.82) is 5.26 Å². The summed E-state index contributed by atoms with van der Waals surface area (Å²) in [5.74, 6) is 0. The van der Waals surface area contributed by atoms with E-state index < -0.39 is 0 Å². The Labute approximate surface area is 115 Å². The fourth-order valence-electron chi connectivity index (χ4n) is 1.83. The van der Waals surface area contributed by atoms with Gasteiger partial charge in [-0.25, -0.2) is 4.98 Å². The molecular formula is C13H15N3S2. The molecule has 0 saturated heterocycles. The van der Waals surface area contributed by atoms with Gasteiger partial charge in [0.1, 0.15) is 6.07 Å². The molecule has 2 heterocycles. The van der Waals surface area contributed by atoms with Gasteiger partial charge in [-0.2, -0.15) is 5.26 Å². The van der Waals surface area contributed by atoms with Gasteiger partial charge in [0.05, 0.1) is 16.3 Å². The molecule has 0 saturated carbocycles. The summed E-state index contributed by atoms with van der Waals surface area (Å²) >= 11 is 3.37. The number of rotatable bonds is 4. The Morgan fingerprint density at radius 1 is 1.50 bits per heavy atom. The maximum Gasteiger partial charge on any atom is 0.100 e. The van der Waals surface area contributed by atoms with Crippen LogP contribution in [0.3, 0.4) is 0 Å². The third kappa shape index (κ3) is 2.96. The lowest BCUT2D eigenvalue weighted by Gasteiger charge is -2.11. The monoisotopic (exact) mass is 277 g/mol. The van der Waals surface area contributed by atoms with Crippen LogP contribution in [0.15, 0.2) is 11.4 Å². The number of hydrogen-bond donors (Lipinski definition) is 1. The van der Waals surface area contributed by atoms with E-state index in [0.717, 1.165) is 22.8 Å². The van der Waals surface area contributed by atoms with Crippen molar-refractivity contribution in [2.75, 3.05) is 0 Å². The second-order valence-corrected chi connectivity index (χ2v) is 6.43. The number of hydrogen-bond acceptors (Lipinski definition) is 5. The van der Waals surface area contributed by atoms with E-state index in [1.807, 2.05) is 18.4 Å². The van der Waals surface area contributed by atoms with Crippen LogP contribution in [-0.4, -0.2) is 4.98 Å². The average Bonchev–Trinajstić information content (AvgIpc) is 2.92. The van der Waals surface area contributed by atoms with Crippen LogP contribution in [0, 0.1) is 25.2 Å². The van der Waals surface area contributed by atoms with Crippen LogP contribution < -0.4 is 5.32 Å². The summed E-state index contributed by atoms with van der Waals surface area (Å²) in [6, 6.07) is 4.39. The zero-order chi connectivity index (χ0) is 13.1. The number of nitrogens with zero attached hydrogens (tertiary/aromatic N) is 2. The predicted molar refractivity (Wildman–Crippen MR) is 75.9 cm³/mol. The average molecular weight is 277 g/mol. The lowest BCUT2D eigenvalue weighted by Crippen LogP contribution is -2.17. The smallest absolute Gasteiger partial charge is 0.100 e. The van der Waals surface area contributed by atoms with E-state index in [4.69, 9.17) is 5.26 Å². The molecule has 1 atom stereocenters. The summed E-state index contributed by atoms with van der Waals surface area (Å²) in [5.41, 5.74) is 1.86. The minimum absolute atomic E-state index is 0.295. The second-order valence-electron chi connectivity index (χ2n) is 4.20. The molecular weight excluding hydrogens is 262 g/mol. The van der Waals surface area contributed by atoms with Crippen molar-refractivity contribution in [2.45, 2.75) is 33.4 Å². The molecule has 2 rings (SSSR count). The Morgan fingerprint density at radius 3 is 2.83 bits per heavy atom. The molecule has 0 aromatic carbocycles. The Morgan fingerprint density at radius 2 is 2.28 bits per heavy atom. The molecule has 0 spiro atoms. The molecule has 0 amide bonds. The molecule has 0 aliphatic heterocycles. The number of aromatic nitrogens is 1. The molecule has 2 aromatic heterocycles. The summed E-state index contributed by atoms with van der Waals surface area (Å²) in [4.78, 5) is 6.93. The maximum absolute atomic E-state index is 8.78. The van der Waals surface area contributed by atoms with Gasteiger partial charge < -0.3 is 5.32 Å². The molecule has 2 aromatic rings. The van der Waals surface area contributed by atoms with Gasteiger partial charge in [0.15, 0.2) is 0 Å². The maximum atomic E-state index is 8.78. The topological polar surface area (TPSA) is 48.7 Å². The second kappa shape index (κ2) is 5.61. The summed E-state index contributed by atoms with van der Waals surface area (Å²) in [5, 5.41) is 15.3. The zero-order valence-corrected chi connectivity index (χ0v) is 12.3. The van der Waals surface area contributed by atoms with Gasteiger partial charge in [-0.05, 0) is 26.8 Å². The van der Waals surface area contributed by atoms with Gasteiger partial charge in [-0.15, -0.1) is 22.7 Å². The van der Waals surface area contributed by atoms with E-state index in [-0.39, 0.29) is 0 Å². The number of thiophene rings is 1. The third-order valence-electron chi connectivity index (χ3n) is 2.70. The van der Waals surface area contributed by atoms with Gasteiger partial charge in [-0.3, -0.25) is 0 Å². The largest absolute Gasteiger partial charge is 0.304 e. The van der Waals surface area contributed by atoms with E-state index in [1.54, 1.807) is 22.7 Å². The highest BCUT2D eigenvalue weighted by atomic mass is 32.1. The van der Waals surface area contributed by atoms with Gasteiger partial charge in [-0.1, -0.05) is 0 Å². The van der Waals surface area contributed by atoms with Gasteiger partial charge in [0, 0.05) is 27.7 Å². The van der Waals surface area contributed by atoms with Crippen molar-refractivity contribution < 1.29 is 0 Å². The lowest BCUT2D eigenvalue weighted by molar-refractivity contribution is 0.583. The van der Waals surface area contributed by atoms with Crippen molar-refractivity contribution in [3.05, 3.63) is 37.5 Å². The lowest BCUT2D eigenvalue weighted by atomic mass is 10.2. The van der Waals surface area contributed by atoms with E-state index in [2.05, 4.69) is 30.2 Å². The number of nitriles is 1. The van der Waals surface area contributed by atoms with Gasteiger partial charge in [0.25, 0.3) is 0 Å². The quantitative estimate of drug-likeness (QED) is 0.930. The summed E-state index contributed by atoms with van der Waals surface area (Å²) < 4.78 is 0. The van der Waals surface area contributed by atoms with Crippen LogP contribution >= 0.6 is 22.7 Å². The minimum Gasteiger partial charge on any atom is -0.304 e. The van der Waals surface area contributed by atoms with E-state index in [0.29, 0.717) is 6.04 Å². The highest BCUT2D eigenvalue weighted by molar-refractivity contribution is 7.11. The van der Waals surface area contributed by atoms with Crippen molar-refractivity contribution in [1.82, 2.24) is 10.3 Å². The molecule has 3 nitrogen and oxygen atoms in total. The third-order valence-corrected chi connectivity index (χ3v) is 4.89. The van der Waals surface area contributed by atoms with Crippen LogP contribution in [0.2, 0.25) is 0 Å². The summed E-state index contributed by atoms with van der Waals surface area (Å²) in [6.07, 6.45) is 0. The Bertz CT molecular complexity index is 577. The molecule has 5 heteroatoms. The van der Waals surface area contributed by atoms with Gasteiger partial charge >= 0.3 is 0 Å². The van der Waals surface area contributed by atoms with E-state index in [1.165, 1.54) is 9.75 Å². The fourth-order valence-corrected chi connectivity index (χ4v) is 3.54. The first-order valence-corrected chi connectivity index (χ1v) is 7.44. The zero-order valence-electron chi connectivity index (χ0n) is 10.7. The van der Waals surface area contributed by atoms with Crippen LogP contribution in [0.25, 0.3) is 0 Å². The molecule has 18 heavy (non-hydrogen) atoms. The van der Waals surface area contributed by atoms with Crippen molar-refractivity contribution in [3.8, 4) is 6.07 Å². The summed E-state index contributed by atoms with van der Waals surface area (Å²) in [6.45, 7) is 7.03. The SMILES string of the molecule is Cc1nc(C)c(C(C)NCc2cc(C#N)cs2)s1. The van der Waals surface area contributed by atoms with Crippen LogP contribution in [-0.2, 0) is 6.54 Å². The highest BCUT2D eigenvalue weighted by Gasteiger charge is 2.12. The molecule has 0 aliphatic carbocycles. The molecule has 0 bridgehead atoms. The van der Waals surface area contributed by atoms with Crippen LogP contribution in [0.4, 0.5) is 0 Å². The number of thiazole rings is 1. The molecule has 0 radical (unpaired) electrons. The minimum atomic E-state index is 0.295. The van der Waals surface area contributed by atoms with E-state index >= 15 is 0 Å². The van der Waals surface area contributed by atoms with Gasteiger partial charge in [0.2, 0.25) is 0 Å². The normalized spacial score (nSPS) is 12.3. The van der Waals surface area contributed by atoms with Crippen molar-refractivity contribution in [3.63, 3.8) is 0 Å².